The van der Waals surface area contributed by atoms with E-state index >= 15 is 0 Å². The Morgan fingerprint density at radius 2 is 2.12 bits per heavy atom. The number of amides is 1. The highest BCUT2D eigenvalue weighted by Gasteiger charge is 2.17. The molecule has 3 nitrogen and oxygen atoms in total. The number of nitrogens with one attached hydrogen (secondary N) is 1. The lowest BCUT2D eigenvalue weighted by atomic mass is 9.97. The van der Waals surface area contributed by atoms with Crippen LogP contribution in [0, 0.1) is 12.8 Å². The zero-order valence-electron chi connectivity index (χ0n) is 10.9. The fourth-order valence-electron chi connectivity index (χ4n) is 1.81. The summed E-state index contributed by atoms with van der Waals surface area (Å²) in [7, 11) is 0. The molecule has 1 amide bonds. The third-order valence-corrected chi connectivity index (χ3v) is 2.65. The van der Waals surface area contributed by atoms with Crippen LogP contribution in [0.15, 0.2) is 24.3 Å². The Morgan fingerprint density at radius 1 is 1.41 bits per heavy atom. The van der Waals surface area contributed by atoms with Crippen molar-refractivity contribution < 1.29 is 4.79 Å². The minimum Gasteiger partial charge on any atom is -0.354 e. The van der Waals surface area contributed by atoms with E-state index in [1.165, 1.54) is 11.1 Å². The Morgan fingerprint density at radius 3 is 2.65 bits per heavy atom. The van der Waals surface area contributed by atoms with Crippen molar-refractivity contribution in [2.75, 3.05) is 6.54 Å². The van der Waals surface area contributed by atoms with Gasteiger partial charge in [-0.05, 0) is 32.8 Å². The van der Waals surface area contributed by atoms with E-state index in [0.29, 0.717) is 13.0 Å². The molecule has 94 valence electrons. The fraction of sp³-hybridized carbons (Fsp3) is 0.500. The van der Waals surface area contributed by atoms with Gasteiger partial charge in [0.25, 0.3) is 0 Å². The quantitative estimate of drug-likeness (QED) is 0.813. The van der Waals surface area contributed by atoms with Gasteiger partial charge in [-0.2, -0.15) is 0 Å². The number of hydrogen-bond donors (Lipinski definition) is 2. The fourth-order valence-corrected chi connectivity index (χ4v) is 1.81. The van der Waals surface area contributed by atoms with Crippen LogP contribution in [0.2, 0.25) is 0 Å². The molecule has 0 aliphatic heterocycles. The van der Waals surface area contributed by atoms with Crippen LogP contribution in [0.4, 0.5) is 0 Å². The summed E-state index contributed by atoms with van der Waals surface area (Å²) in [6, 6.07) is 8.37. The molecule has 1 atom stereocenters. The lowest BCUT2D eigenvalue weighted by Crippen LogP contribution is -2.39. The molecule has 0 aliphatic rings. The van der Waals surface area contributed by atoms with E-state index in [9.17, 15) is 4.79 Å². The number of nitrogens with two attached hydrogens (primary N) is 1. The van der Waals surface area contributed by atoms with E-state index in [1.807, 2.05) is 26.0 Å². The molecular weight excluding hydrogens is 212 g/mol. The van der Waals surface area contributed by atoms with Crippen LogP contribution in [-0.4, -0.2) is 18.5 Å². The average molecular weight is 234 g/mol. The number of aryl methyl sites for hydroxylation is 1. The minimum absolute atomic E-state index is 0.0454. The molecule has 1 aromatic rings. The SMILES string of the molecule is Cc1cccc(CC(CN)C(=O)NC(C)C)c1. The molecule has 1 unspecified atom stereocenters. The van der Waals surface area contributed by atoms with Gasteiger partial charge in [0.1, 0.15) is 0 Å². The molecule has 0 aliphatic carbocycles. The Kier molecular flexibility index (Phi) is 5.16. The van der Waals surface area contributed by atoms with Crippen molar-refractivity contribution in [2.45, 2.75) is 33.2 Å². The second-order valence-electron chi connectivity index (χ2n) is 4.79. The Balaban J connectivity index is 2.66. The lowest BCUT2D eigenvalue weighted by Gasteiger charge is -2.17. The van der Waals surface area contributed by atoms with Crippen molar-refractivity contribution in [3.05, 3.63) is 35.4 Å². The first kappa shape index (κ1) is 13.7. The van der Waals surface area contributed by atoms with Crippen molar-refractivity contribution in [2.24, 2.45) is 11.7 Å². The summed E-state index contributed by atoms with van der Waals surface area (Å²) in [6.45, 7) is 6.35. The summed E-state index contributed by atoms with van der Waals surface area (Å²) >= 11 is 0. The number of benzene rings is 1. The standard InChI is InChI=1S/C14H22N2O/c1-10(2)16-14(17)13(9-15)8-12-6-4-5-11(3)7-12/h4-7,10,13H,8-9,15H2,1-3H3,(H,16,17). The summed E-state index contributed by atoms with van der Waals surface area (Å²) in [4.78, 5) is 11.9. The maximum atomic E-state index is 11.9. The van der Waals surface area contributed by atoms with Crippen molar-refractivity contribution in [1.29, 1.82) is 0 Å². The molecule has 0 radical (unpaired) electrons. The number of carbonyl (C=O) groups excluding carboxylic acids is 1. The summed E-state index contributed by atoms with van der Waals surface area (Å²) in [5, 5.41) is 2.91. The molecule has 0 aromatic heterocycles. The Labute approximate surface area is 103 Å². The monoisotopic (exact) mass is 234 g/mol. The first-order valence-corrected chi connectivity index (χ1v) is 6.09. The highest BCUT2D eigenvalue weighted by atomic mass is 16.1. The molecule has 0 fully saturated rings. The van der Waals surface area contributed by atoms with Crippen molar-refractivity contribution in [1.82, 2.24) is 5.32 Å². The Bertz CT molecular complexity index is 374. The highest BCUT2D eigenvalue weighted by Crippen LogP contribution is 2.10. The van der Waals surface area contributed by atoms with Crippen LogP contribution < -0.4 is 11.1 Å². The molecule has 0 spiro atoms. The van der Waals surface area contributed by atoms with Gasteiger partial charge in [-0.1, -0.05) is 29.8 Å². The number of hydrogen-bond acceptors (Lipinski definition) is 2. The largest absolute Gasteiger partial charge is 0.354 e. The molecule has 3 N–H and O–H groups in total. The predicted octanol–water partition coefficient (Wildman–Crippen LogP) is 1.64. The predicted molar refractivity (Wildman–Crippen MR) is 70.7 cm³/mol. The molecule has 1 rings (SSSR count). The van der Waals surface area contributed by atoms with Crippen LogP contribution in [0.3, 0.4) is 0 Å². The van der Waals surface area contributed by atoms with E-state index in [1.54, 1.807) is 0 Å². The molecule has 0 saturated heterocycles. The molecule has 0 bridgehead atoms. The van der Waals surface area contributed by atoms with Crippen LogP contribution in [0.25, 0.3) is 0 Å². The summed E-state index contributed by atoms with van der Waals surface area (Å²) in [5.41, 5.74) is 8.05. The smallest absolute Gasteiger partial charge is 0.224 e. The van der Waals surface area contributed by atoms with E-state index in [0.717, 1.165) is 0 Å². The summed E-state index contributed by atoms with van der Waals surface area (Å²) in [5.74, 6) is -0.0943. The van der Waals surface area contributed by atoms with Gasteiger partial charge in [0.15, 0.2) is 0 Å². The number of carbonyl (C=O) groups is 1. The first-order chi connectivity index (χ1) is 8.02. The van der Waals surface area contributed by atoms with Gasteiger partial charge in [0.2, 0.25) is 5.91 Å². The van der Waals surface area contributed by atoms with Crippen LogP contribution >= 0.6 is 0 Å². The zero-order valence-corrected chi connectivity index (χ0v) is 10.9. The second-order valence-corrected chi connectivity index (χ2v) is 4.79. The number of rotatable bonds is 5. The van der Waals surface area contributed by atoms with E-state index in [2.05, 4.69) is 24.4 Å². The van der Waals surface area contributed by atoms with Gasteiger partial charge in [-0.25, -0.2) is 0 Å². The van der Waals surface area contributed by atoms with E-state index < -0.39 is 0 Å². The summed E-state index contributed by atoms with van der Waals surface area (Å²) < 4.78 is 0. The van der Waals surface area contributed by atoms with E-state index in [-0.39, 0.29) is 17.9 Å². The zero-order chi connectivity index (χ0) is 12.8. The van der Waals surface area contributed by atoms with Gasteiger partial charge in [-0.3, -0.25) is 4.79 Å². The van der Waals surface area contributed by atoms with E-state index in [4.69, 9.17) is 5.73 Å². The highest BCUT2D eigenvalue weighted by molar-refractivity contribution is 5.79. The maximum absolute atomic E-state index is 11.9. The normalized spacial score (nSPS) is 12.5. The van der Waals surface area contributed by atoms with Gasteiger partial charge in [0.05, 0.1) is 5.92 Å². The third kappa shape index (κ3) is 4.57. The van der Waals surface area contributed by atoms with Gasteiger partial charge in [0, 0.05) is 12.6 Å². The topological polar surface area (TPSA) is 55.1 Å². The lowest BCUT2D eigenvalue weighted by molar-refractivity contribution is -0.125. The second kappa shape index (κ2) is 6.40. The molecule has 17 heavy (non-hydrogen) atoms. The molecule has 0 saturated carbocycles. The molecule has 1 aromatic carbocycles. The summed E-state index contributed by atoms with van der Waals surface area (Å²) in [6.07, 6.45) is 0.705. The maximum Gasteiger partial charge on any atom is 0.224 e. The average Bonchev–Trinajstić information content (AvgIpc) is 2.24. The third-order valence-electron chi connectivity index (χ3n) is 2.65. The molecule has 3 heteroatoms. The Hall–Kier alpha value is -1.35. The van der Waals surface area contributed by atoms with Crippen molar-refractivity contribution in [3.8, 4) is 0 Å². The van der Waals surface area contributed by atoms with Gasteiger partial charge >= 0.3 is 0 Å². The van der Waals surface area contributed by atoms with Gasteiger partial charge < -0.3 is 11.1 Å². The van der Waals surface area contributed by atoms with Crippen molar-refractivity contribution in [3.63, 3.8) is 0 Å². The van der Waals surface area contributed by atoms with Crippen molar-refractivity contribution >= 4 is 5.91 Å². The first-order valence-electron chi connectivity index (χ1n) is 6.09. The molecule has 0 heterocycles. The minimum atomic E-state index is -0.140. The molecular formula is C14H22N2O. The van der Waals surface area contributed by atoms with Crippen LogP contribution in [0.1, 0.15) is 25.0 Å². The van der Waals surface area contributed by atoms with Gasteiger partial charge in [-0.15, -0.1) is 0 Å². The van der Waals surface area contributed by atoms with Crippen LogP contribution in [0.5, 0.6) is 0 Å². The van der Waals surface area contributed by atoms with Crippen LogP contribution in [-0.2, 0) is 11.2 Å².